The number of carbonyl (C=O) groups excluding carboxylic acids is 1. The lowest BCUT2D eigenvalue weighted by molar-refractivity contribution is -0.384. The first kappa shape index (κ1) is 24.3. The number of ether oxygens (including phenoxy) is 1. The number of hydrogen-bond donors (Lipinski definition) is 1. The smallest absolute Gasteiger partial charge is 0.270 e. The van der Waals surface area contributed by atoms with Gasteiger partial charge in [-0.25, -0.2) is 4.68 Å². The van der Waals surface area contributed by atoms with Gasteiger partial charge in [0.05, 0.1) is 23.4 Å². The average molecular weight is 511 g/mol. The van der Waals surface area contributed by atoms with Gasteiger partial charge in [-0.15, -0.1) is 0 Å². The third kappa shape index (κ3) is 5.62. The van der Waals surface area contributed by atoms with Gasteiger partial charge in [0.2, 0.25) is 0 Å². The van der Waals surface area contributed by atoms with E-state index in [2.05, 4.69) is 10.4 Å². The zero-order valence-electron chi connectivity index (χ0n) is 18.6. The minimum Gasteiger partial charge on any atom is -0.497 e. The van der Waals surface area contributed by atoms with Crippen LogP contribution in [0.5, 0.6) is 5.75 Å². The number of aromatic nitrogens is 2. The maximum absolute atomic E-state index is 13.2. The highest BCUT2D eigenvalue weighted by atomic mass is 35.5. The summed E-state index contributed by atoms with van der Waals surface area (Å²) in [7, 11) is 1.57. The quantitative estimate of drug-likeness (QED) is 0.240. The van der Waals surface area contributed by atoms with Gasteiger partial charge in [-0.05, 0) is 54.4 Å². The molecule has 178 valence electrons. The van der Waals surface area contributed by atoms with E-state index in [1.165, 1.54) is 16.8 Å². The minimum atomic E-state index is -0.482. The number of nitro benzene ring substituents is 1. The number of nitrogens with one attached hydrogen (secondary N) is 1. The Morgan fingerprint density at radius 3 is 2.54 bits per heavy atom. The van der Waals surface area contributed by atoms with Crippen LogP contribution in [0.25, 0.3) is 16.9 Å². The third-order valence-corrected chi connectivity index (χ3v) is 5.89. The molecule has 0 aliphatic carbocycles. The first-order chi connectivity index (χ1) is 16.9. The van der Waals surface area contributed by atoms with Crippen LogP contribution in [0.15, 0.2) is 72.8 Å². The summed E-state index contributed by atoms with van der Waals surface area (Å²) in [5.41, 5.74) is 2.90. The van der Waals surface area contributed by atoms with Gasteiger partial charge < -0.3 is 10.1 Å². The van der Waals surface area contributed by atoms with Gasteiger partial charge >= 0.3 is 0 Å². The van der Waals surface area contributed by atoms with Crippen molar-refractivity contribution in [3.05, 3.63) is 104 Å². The molecule has 4 aromatic rings. The molecule has 35 heavy (non-hydrogen) atoms. The molecule has 0 aliphatic heterocycles. The van der Waals surface area contributed by atoms with Crippen molar-refractivity contribution in [2.45, 2.75) is 6.42 Å². The van der Waals surface area contributed by atoms with E-state index in [-0.39, 0.29) is 17.3 Å². The summed E-state index contributed by atoms with van der Waals surface area (Å²) in [6.07, 6.45) is 0.510. The number of hydrogen-bond acceptors (Lipinski definition) is 5. The zero-order chi connectivity index (χ0) is 24.9. The van der Waals surface area contributed by atoms with Gasteiger partial charge in [0.1, 0.15) is 11.4 Å². The zero-order valence-corrected chi connectivity index (χ0v) is 20.1. The van der Waals surface area contributed by atoms with E-state index in [0.29, 0.717) is 40.1 Å². The van der Waals surface area contributed by atoms with Crippen LogP contribution in [-0.4, -0.2) is 34.3 Å². The van der Waals surface area contributed by atoms with Crippen LogP contribution in [0.1, 0.15) is 16.1 Å². The monoisotopic (exact) mass is 510 g/mol. The van der Waals surface area contributed by atoms with Crippen molar-refractivity contribution in [2.75, 3.05) is 13.7 Å². The topological polar surface area (TPSA) is 99.3 Å². The Hall–Kier alpha value is -3.88. The lowest BCUT2D eigenvalue weighted by atomic mass is 10.1. The fraction of sp³-hybridized carbons (Fsp3) is 0.120. The van der Waals surface area contributed by atoms with Crippen LogP contribution >= 0.6 is 23.2 Å². The second-order valence-corrected chi connectivity index (χ2v) is 8.42. The number of methoxy groups -OCH3 is 1. The first-order valence-electron chi connectivity index (χ1n) is 10.6. The number of nitro groups is 1. The summed E-state index contributed by atoms with van der Waals surface area (Å²) in [5.74, 6) is 0.299. The number of nitrogens with zero attached hydrogens (tertiary/aromatic N) is 3. The number of non-ortho nitro benzene ring substituents is 1. The van der Waals surface area contributed by atoms with E-state index in [4.69, 9.17) is 27.9 Å². The van der Waals surface area contributed by atoms with E-state index in [1.54, 1.807) is 37.4 Å². The Morgan fingerprint density at radius 1 is 1.09 bits per heavy atom. The van der Waals surface area contributed by atoms with Crippen LogP contribution in [0, 0.1) is 10.1 Å². The molecular formula is C25H20Cl2N4O4. The van der Waals surface area contributed by atoms with Crippen molar-refractivity contribution >= 4 is 34.8 Å². The van der Waals surface area contributed by atoms with Gasteiger partial charge in [-0.3, -0.25) is 14.9 Å². The molecule has 0 bridgehead atoms. The molecule has 0 saturated heterocycles. The van der Waals surface area contributed by atoms with Crippen LogP contribution < -0.4 is 10.1 Å². The van der Waals surface area contributed by atoms with E-state index >= 15 is 0 Å². The standard InChI is InChI=1S/C25H20Cl2N4O4/c1-35-21-4-2-3-17(13-21)23-15-24(30(29-23)19-7-9-20(10-8-19)31(33)34)25(32)28-12-11-16-5-6-18(26)14-22(16)27/h2-10,13-15H,11-12H2,1H3,(H,28,32). The number of halogens is 2. The summed E-state index contributed by atoms with van der Waals surface area (Å²) in [6, 6.07) is 20.0. The van der Waals surface area contributed by atoms with Crippen molar-refractivity contribution in [3.8, 4) is 22.7 Å². The van der Waals surface area contributed by atoms with Gasteiger partial charge in [-0.1, -0.05) is 41.4 Å². The highest BCUT2D eigenvalue weighted by Crippen LogP contribution is 2.26. The van der Waals surface area contributed by atoms with Crippen molar-refractivity contribution in [1.29, 1.82) is 0 Å². The second-order valence-electron chi connectivity index (χ2n) is 7.57. The largest absolute Gasteiger partial charge is 0.497 e. The molecule has 0 aliphatic rings. The fourth-order valence-corrected chi connectivity index (χ4v) is 4.01. The van der Waals surface area contributed by atoms with Crippen molar-refractivity contribution in [2.24, 2.45) is 0 Å². The summed E-state index contributed by atoms with van der Waals surface area (Å²) < 4.78 is 6.76. The normalized spacial score (nSPS) is 10.7. The lowest BCUT2D eigenvalue weighted by Gasteiger charge is -2.09. The third-order valence-electron chi connectivity index (χ3n) is 5.31. The SMILES string of the molecule is COc1cccc(-c2cc(C(=O)NCCc3ccc(Cl)cc3Cl)n(-c3ccc([N+](=O)[O-])cc3)n2)c1. The van der Waals surface area contributed by atoms with E-state index < -0.39 is 4.92 Å². The molecule has 1 N–H and O–H groups in total. The fourth-order valence-electron chi connectivity index (χ4n) is 3.50. The number of rotatable bonds is 8. The molecule has 0 atom stereocenters. The Kier molecular flexibility index (Phi) is 7.33. The predicted molar refractivity (Wildman–Crippen MR) is 135 cm³/mol. The van der Waals surface area contributed by atoms with Crippen molar-refractivity contribution < 1.29 is 14.5 Å². The van der Waals surface area contributed by atoms with Crippen LogP contribution in [0.2, 0.25) is 10.0 Å². The Balaban J connectivity index is 1.63. The molecule has 0 saturated carbocycles. The summed E-state index contributed by atoms with van der Waals surface area (Å²) in [6.45, 7) is 0.333. The van der Waals surface area contributed by atoms with Crippen molar-refractivity contribution in [1.82, 2.24) is 15.1 Å². The minimum absolute atomic E-state index is 0.0558. The van der Waals surface area contributed by atoms with E-state index in [0.717, 1.165) is 11.1 Å². The van der Waals surface area contributed by atoms with Gasteiger partial charge in [0.15, 0.2) is 0 Å². The van der Waals surface area contributed by atoms with E-state index in [1.807, 2.05) is 30.3 Å². The molecular weight excluding hydrogens is 491 g/mol. The average Bonchev–Trinajstić information content (AvgIpc) is 3.31. The molecule has 4 rings (SSSR count). The highest BCUT2D eigenvalue weighted by molar-refractivity contribution is 6.35. The van der Waals surface area contributed by atoms with Gasteiger partial charge in [0, 0.05) is 34.3 Å². The molecule has 8 nitrogen and oxygen atoms in total. The van der Waals surface area contributed by atoms with Crippen molar-refractivity contribution in [3.63, 3.8) is 0 Å². The Morgan fingerprint density at radius 2 is 1.86 bits per heavy atom. The summed E-state index contributed by atoms with van der Waals surface area (Å²) in [4.78, 5) is 23.7. The molecule has 0 radical (unpaired) electrons. The van der Waals surface area contributed by atoms with E-state index in [9.17, 15) is 14.9 Å². The Labute approximate surface area is 211 Å². The van der Waals surface area contributed by atoms with Crippen LogP contribution in [0.3, 0.4) is 0 Å². The van der Waals surface area contributed by atoms with Gasteiger partial charge in [0.25, 0.3) is 11.6 Å². The number of benzene rings is 3. The van der Waals surface area contributed by atoms with Crippen LogP contribution in [-0.2, 0) is 6.42 Å². The summed E-state index contributed by atoms with van der Waals surface area (Å²) in [5, 5.41) is 19.6. The van der Waals surface area contributed by atoms with Gasteiger partial charge in [-0.2, -0.15) is 5.10 Å². The molecule has 0 spiro atoms. The summed E-state index contributed by atoms with van der Waals surface area (Å²) >= 11 is 12.2. The molecule has 1 heterocycles. The predicted octanol–water partition coefficient (Wildman–Crippen LogP) is 5.74. The molecule has 10 heteroatoms. The molecule has 1 aromatic heterocycles. The maximum Gasteiger partial charge on any atom is 0.270 e. The first-order valence-corrected chi connectivity index (χ1v) is 11.3. The maximum atomic E-state index is 13.2. The number of amides is 1. The molecule has 1 amide bonds. The second kappa shape index (κ2) is 10.6. The Bertz CT molecular complexity index is 1390. The number of carbonyl (C=O) groups is 1. The molecule has 0 fully saturated rings. The van der Waals surface area contributed by atoms with Crippen LogP contribution in [0.4, 0.5) is 5.69 Å². The highest BCUT2D eigenvalue weighted by Gasteiger charge is 2.19. The molecule has 3 aromatic carbocycles. The lowest BCUT2D eigenvalue weighted by Crippen LogP contribution is -2.27. The molecule has 0 unspecified atom stereocenters.